The number of benzene rings is 1. The quantitative estimate of drug-likeness (QED) is 0.859. The first kappa shape index (κ1) is 19.5. The maximum Gasteiger partial charge on any atom is 0.320 e. The maximum absolute atomic E-state index is 13.8. The number of urea groups is 2. The minimum absolute atomic E-state index is 0.111. The van der Waals surface area contributed by atoms with Gasteiger partial charge < -0.3 is 20.0 Å². The van der Waals surface area contributed by atoms with E-state index in [2.05, 4.69) is 5.32 Å². The van der Waals surface area contributed by atoms with Gasteiger partial charge in [0, 0.05) is 44.8 Å². The van der Waals surface area contributed by atoms with Gasteiger partial charge >= 0.3 is 12.1 Å². The molecule has 7 heteroatoms. The molecule has 1 atom stereocenters. The molecule has 4 amide bonds. The minimum Gasteiger partial charge on any atom is -0.335 e. The standard InChI is InChI=1S/C20H29FN4O2/c1-3-23-12-13-25(20(23)27)17-8-10-24(11-9-17)19(26)22-15(2)14-16-6-4-5-7-18(16)21/h4-7,15,17H,3,8-14H2,1-2H3,(H,22,26). The number of nitrogens with one attached hydrogen (secondary N) is 1. The number of likely N-dealkylation sites (tertiary alicyclic amines) is 1. The van der Waals surface area contributed by atoms with Gasteiger partial charge in [0.15, 0.2) is 0 Å². The van der Waals surface area contributed by atoms with Crippen molar-refractivity contribution in [3.05, 3.63) is 35.6 Å². The van der Waals surface area contributed by atoms with Crippen LogP contribution in [0.25, 0.3) is 0 Å². The van der Waals surface area contributed by atoms with Gasteiger partial charge in [0.25, 0.3) is 0 Å². The van der Waals surface area contributed by atoms with Gasteiger partial charge in [-0.2, -0.15) is 0 Å². The lowest BCUT2D eigenvalue weighted by Crippen LogP contribution is -2.51. The third kappa shape index (κ3) is 4.51. The smallest absolute Gasteiger partial charge is 0.320 e. The van der Waals surface area contributed by atoms with Crippen molar-refractivity contribution in [3.63, 3.8) is 0 Å². The number of hydrogen-bond donors (Lipinski definition) is 1. The fourth-order valence-corrected chi connectivity index (χ4v) is 3.96. The fourth-order valence-electron chi connectivity index (χ4n) is 3.96. The molecule has 148 valence electrons. The van der Waals surface area contributed by atoms with Gasteiger partial charge in [-0.25, -0.2) is 14.0 Å². The summed E-state index contributed by atoms with van der Waals surface area (Å²) in [7, 11) is 0. The van der Waals surface area contributed by atoms with Crippen molar-refractivity contribution < 1.29 is 14.0 Å². The summed E-state index contributed by atoms with van der Waals surface area (Å²) in [5.74, 6) is -0.240. The summed E-state index contributed by atoms with van der Waals surface area (Å²) < 4.78 is 13.8. The highest BCUT2D eigenvalue weighted by Crippen LogP contribution is 2.21. The number of amides is 4. The van der Waals surface area contributed by atoms with E-state index in [1.54, 1.807) is 23.1 Å². The first-order chi connectivity index (χ1) is 13.0. The Kier molecular flexibility index (Phi) is 6.19. The zero-order valence-electron chi connectivity index (χ0n) is 16.2. The molecule has 0 radical (unpaired) electrons. The minimum atomic E-state index is -0.240. The molecular weight excluding hydrogens is 347 g/mol. The first-order valence-electron chi connectivity index (χ1n) is 9.84. The zero-order chi connectivity index (χ0) is 19.4. The molecule has 3 rings (SSSR count). The molecule has 2 heterocycles. The van der Waals surface area contributed by atoms with Gasteiger partial charge in [0.2, 0.25) is 0 Å². The van der Waals surface area contributed by atoms with Crippen molar-refractivity contribution in [2.24, 2.45) is 0 Å². The Morgan fingerprint density at radius 2 is 1.93 bits per heavy atom. The lowest BCUT2D eigenvalue weighted by atomic mass is 10.0. The van der Waals surface area contributed by atoms with Gasteiger partial charge in [0.05, 0.1) is 0 Å². The molecule has 1 unspecified atom stereocenters. The lowest BCUT2D eigenvalue weighted by Gasteiger charge is -2.36. The van der Waals surface area contributed by atoms with E-state index in [0.29, 0.717) is 25.1 Å². The third-order valence-corrected chi connectivity index (χ3v) is 5.56. The molecule has 6 nitrogen and oxygen atoms in total. The number of carbonyl (C=O) groups is 2. The van der Waals surface area contributed by atoms with Crippen molar-refractivity contribution in [1.29, 1.82) is 0 Å². The normalized spacial score (nSPS) is 19.5. The monoisotopic (exact) mass is 376 g/mol. The summed E-state index contributed by atoms with van der Waals surface area (Å²) in [5.41, 5.74) is 0.608. The van der Waals surface area contributed by atoms with Crippen LogP contribution in [0, 0.1) is 5.82 Å². The average molecular weight is 376 g/mol. The van der Waals surface area contributed by atoms with Crippen molar-refractivity contribution in [3.8, 4) is 0 Å². The molecule has 0 spiro atoms. The van der Waals surface area contributed by atoms with Gasteiger partial charge in [0.1, 0.15) is 5.82 Å². The summed E-state index contributed by atoms with van der Waals surface area (Å²) >= 11 is 0. The maximum atomic E-state index is 13.8. The van der Waals surface area contributed by atoms with Gasteiger partial charge in [-0.3, -0.25) is 0 Å². The molecule has 1 aromatic carbocycles. The summed E-state index contributed by atoms with van der Waals surface area (Å²) in [4.78, 5) is 30.5. The van der Waals surface area contributed by atoms with Gasteiger partial charge in [-0.05, 0) is 44.7 Å². The third-order valence-electron chi connectivity index (χ3n) is 5.56. The Labute approximate surface area is 160 Å². The molecule has 0 aliphatic carbocycles. The van der Waals surface area contributed by atoms with Crippen molar-refractivity contribution >= 4 is 12.1 Å². The number of likely N-dealkylation sites (N-methyl/N-ethyl adjacent to an activating group) is 1. The topological polar surface area (TPSA) is 55.9 Å². The van der Waals surface area contributed by atoms with Crippen LogP contribution in [0.4, 0.5) is 14.0 Å². The average Bonchev–Trinajstić information content (AvgIpc) is 3.04. The highest BCUT2D eigenvalue weighted by atomic mass is 19.1. The van der Waals surface area contributed by atoms with E-state index in [-0.39, 0.29) is 30.0 Å². The molecule has 1 aromatic rings. The van der Waals surface area contributed by atoms with E-state index in [4.69, 9.17) is 0 Å². The molecule has 2 aliphatic rings. The van der Waals surface area contributed by atoms with Crippen LogP contribution in [-0.4, -0.2) is 71.6 Å². The Morgan fingerprint density at radius 3 is 2.56 bits per heavy atom. The predicted molar refractivity (Wildman–Crippen MR) is 102 cm³/mol. The molecule has 0 bridgehead atoms. The Hall–Kier alpha value is -2.31. The number of piperidine rings is 1. The summed E-state index contributed by atoms with van der Waals surface area (Å²) in [5, 5.41) is 2.97. The van der Waals surface area contributed by atoms with E-state index < -0.39 is 0 Å². The van der Waals surface area contributed by atoms with E-state index in [1.807, 2.05) is 23.6 Å². The number of hydrogen-bond acceptors (Lipinski definition) is 2. The summed E-state index contributed by atoms with van der Waals surface area (Å²) in [6.07, 6.45) is 2.07. The molecule has 1 N–H and O–H groups in total. The molecule has 0 aromatic heterocycles. The number of nitrogens with zero attached hydrogens (tertiary/aromatic N) is 3. The lowest BCUT2D eigenvalue weighted by molar-refractivity contribution is 0.134. The summed E-state index contributed by atoms with van der Waals surface area (Å²) in [6, 6.07) is 6.73. The number of halogens is 1. The molecule has 27 heavy (non-hydrogen) atoms. The first-order valence-corrected chi connectivity index (χ1v) is 9.84. The molecule has 0 saturated carbocycles. The molecule has 2 saturated heterocycles. The Bertz CT molecular complexity index is 676. The second kappa shape index (κ2) is 8.59. The van der Waals surface area contributed by atoms with Crippen LogP contribution in [0.1, 0.15) is 32.3 Å². The second-order valence-electron chi connectivity index (χ2n) is 7.42. The molecule has 2 aliphatic heterocycles. The van der Waals surface area contributed by atoms with Gasteiger partial charge in [-0.1, -0.05) is 18.2 Å². The van der Waals surface area contributed by atoms with Crippen molar-refractivity contribution in [2.45, 2.75) is 45.2 Å². The van der Waals surface area contributed by atoms with E-state index in [9.17, 15) is 14.0 Å². The zero-order valence-corrected chi connectivity index (χ0v) is 16.2. The SMILES string of the molecule is CCN1CCN(C2CCN(C(=O)NC(C)Cc3ccccc3F)CC2)C1=O. The highest BCUT2D eigenvalue weighted by Gasteiger charge is 2.35. The Balaban J connectivity index is 1.46. The van der Waals surface area contributed by atoms with Crippen LogP contribution in [0.15, 0.2) is 24.3 Å². The van der Waals surface area contributed by atoms with Crippen LogP contribution < -0.4 is 5.32 Å². The van der Waals surface area contributed by atoms with Crippen LogP contribution in [0.5, 0.6) is 0 Å². The number of rotatable bonds is 5. The van der Waals surface area contributed by atoms with Crippen LogP contribution in [-0.2, 0) is 6.42 Å². The fraction of sp³-hybridized carbons (Fsp3) is 0.600. The Morgan fingerprint density at radius 1 is 1.22 bits per heavy atom. The van der Waals surface area contributed by atoms with Gasteiger partial charge in [-0.15, -0.1) is 0 Å². The van der Waals surface area contributed by atoms with E-state index >= 15 is 0 Å². The van der Waals surface area contributed by atoms with Crippen molar-refractivity contribution in [1.82, 2.24) is 20.0 Å². The van der Waals surface area contributed by atoms with Crippen LogP contribution in [0.2, 0.25) is 0 Å². The largest absolute Gasteiger partial charge is 0.335 e. The highest BCUT2D eigenvalue weighted by molar-refractivity contribution is 5.77. The van der Waals surface area contributed by atoms with Crippen LogP contribution in [0.3, 0.4) is 0 Å². The van der Waals surface area contributed by atoms with Crippen LogP contribution >= 0.6 is 0 Å². The van der Waals surface area contributed by atoms with E-state index in [1.165, 1.54) is 6.07 Å². The number of carbonyl (C=O) groups excluding carboxylic acids is 2. The van der Waals surface area contributed by atoms with E-state index in [0.717, 1.165) is 32.5 Å². The predicted octanol–water partition coefficient (Wildman–Crippen LogP) is 2.69. The van der Waals surface area contributed by atoms with Crippen molar-refractivity contribution in [2.75, 3.05) is 32.7 Å². The second-order valence-corrected chi connectivity index (χ2v) is 7.42. The summed E-state index contributed by atoms with van der Waals surface area (Å²) in [6.45, 7) is 7.48. The molecular formula is C20H29FN4O2. The molecule has 2 fully saturated rings.